The van der Waals surface area contributed by atoms with E-state index < -0.39 is 35.6 Å². The molecule has 0 aliphatic carbocycles. The average Bonchev–Trinajstić information content (AvgIpc) is 2.26. The summed E-state index contributed by atoms with van der Waals surface area (Å²) >= 11 is 0. The van der Waals surface area contributed by atoms with Crippen molar-refractivity contribution in [2.75, 3.05) is 25.6 Å². The van der Waals surface area contributed by atoms with Gasteiger partial charge in [0, 0.05) is 7.11 Å². The largest absolute Gasteiger partial charge is 0.423 e. The van der Waals surface area contributed by atoms with Crippen LogP contribution in [0.15, 0.2) is 11.0 Å². The molecule has 0 aliphatic rings. The minimum atomic E-state index is -4.81. The Labute approximate surface area is 99.8 Å². The molecule has 0 unspecified atom stereocenters. The third-order valence-electron chi connectivity index (χ3n) is 2.09. The van der Waals surface area contributed by atoms with Crippen LogP contribution in [0, 0.1) is 0 Å². The van der Waals surface area contributed by atoms with Crippen LogP contribution in [0.4, 0.5) is 18.9 Å². The second-order valence-corrected chi connectivity index (χ2v) is 3.46. The molecule has 0 saturated carbocycles. The predicted molar refractivity (Wildman–Crippen MR) is 56.2 cm³/mol. The first-order chi connectivity index (χ1) is 8.40. The zero-order chi connectivity index (χ0) is 13.8. The molecule has 0 aromatic carbocycles. The molecule has 18 heavy (non-hydrogen) atoms. The highest BCUT2D eigenvalue weighted by molar-refractivity contribution is 5.50. The van der Waals surface area contributed by atoms with Crippen molar-refractivity contribution in [1.29, 1.82) is 0 Å². The molecule has 3 N–H and O–H groups in total. The van der Waals surface area contributed by atoms with Gasteiger partial charge in [-0.3, -0.25) is 4.79 Å². The van der Waals surface area contributed by atoms with Crippen molar-refractivity contribution in [2.45, 2.75) is 12.2 Å². The molecule has 0 spiro atoms. The first-order valence-corrected chi connectivity index (χ1v) is 4.91. The molecule has 9 heteroatoms. The van der Waals surface area contributed by atoms with E-state index in [1.807, 2.05) is 0 Å². The Morgan fingerprint density at radius 2 is 2.28 bits per heavy atom. The number of aromatic nitrogens is 2. The van der Waals surface area contributed by atoms with Gasteiger partial charge in [0.1, 0.15) is 5.56 Å². The summed E-state index contributed by atoms with van der Waals surface area (Å²) in [5, 5.41) is 16.3. The fourth-order valence-electron chi connectivity index (χ4n) is 1.35. The number of nitrogens with one attached hydrogen (secondary N) is 2. The van der Waals surface area contributed by atoms with Crippen molar-refractivity contribution >= 4 is 5.69 Å². The lowest BCUT2D eigenvalue weighted by molar-refractivity contribution is -0.138. The van der Waals surface area contributed by atoms with Crippen LogP contribution in [-0.2, 0) is 10.9 Å². The van der Waals surface area contributed by atoms with E-state index in [1.165, 1.54) is 7.11 Å². The molecule has 1 rings (SSSR count). The van der Waals surface area contributed by atoms with Crippen molar-refractivity contribution in [2.24, 2.45) is 0 Å². The number of rotatable bonds is 5. The van der Waals surface area contributed by atoms with Crippen molar-refractivity contribution in [3.05, 3.63) is 22.1 Å². The van der Waals surface area contributed by atoms with E-state index in [0.29, 0.717) is 0 Å². The Morgan fingerprint density at radius 3 is 2.78 bits per heavy atom. The van der Waals surface area contributed by atoms with E-state index in [0.717, 1.165) is 6.20 Å². The molecule has 0 radical (unpaired) electrons. The number of ether oxygens (including phenoxy) is 1. The fraction of sp³-hybridized carbons (Fsp3) is 0.556. The van der Waals surface area contributed by atoms with Crippen molar-refractivity contribution in [1.82, 2.24) is 10.2 Å². The number of aromatic amines is 1. The first-order valence-electron chi connectivity index (χ1n) is 4.91. The maximum absolute atomic E-state index is 12.7. The third-order valence-corrected chi connectivity index (χ3v) is 2.09. The lowest BCUT2D eigenvalue weighted by Gasteiger charge is -2.18. The van der Waals surface area contributed by atoms with Gasteiger partial charge in [0.25, 0.3) is 5.56 Å². The molecule has 1 atom stereocenters. The lowest BCUT2D eigenvalue weighted by Crippen LogP contribution is -2.32. The van der Waals surface area contributed by atoms with Crippen LogP contribution in [0.3, 0.4) is 0 Å². The number of H-pyrrole nitrogens is 1. The van der Waals surface area contributed by atoms with Crippen molar-refractivity contribution < 1.29 is 23.0 Å². The topological polar surface area (TPSA) is 87.2 Å². The van der Waals surface area contributed by atoms with Gasteiger partial charge in [-0.25, -0.2) is 5.10 Å². The van der Waals surface area contributed by atoms with E-state index in [1.54, 1.807) is 5.10 Å². The smallest absolute Gasteiger partial charge is 0.394 e. The molecule has 1 heterocycles. The molecule has 1 aromatic rings. The van der Waals surface area contributed by atoms with Gasteiger partial charge in [0.15, 0.2) is 0 Å². The number of aliphatic hydroxyl groups is 1. The van der Waals surface area contributed by atoms with Crippen LogP contribution in [0.2, 0.25) is 0 Å². The molecule has 0 aliphatic heterocycles. The van der Waals surface area contributed by atoms with Crippen molar-refractivity contribution in [3.8, 4) is 0 Å². The molecule has 0 fully saturated rings. The maximum atomic E-state index is 12.7. The Hall–Kier alpha value is -1.61. The van der Waals surface area contributed by atoms with Gasteiger partial charge in [-0.2, -0.15) is 18.3 Å². The van der Waals surface area contributed by atoms with Crippen LogP contribution in [-0.4, -0.2) is 41.7 Å². The highest BCUT2D eigenvalue weighted by Crippen LogP contribution is 2.31. The monoisotopic (exact) mass is 267 g/mol. The summed E-state index contributed by atoms with van der Waals surface area (Å²) in [4.78, 5) is 11.1. The Morgan fingerprint density at radius 1 is 1.61 bits per heavy atom. The summed E-state index contributed by atoms with van der Waals surface area (Å²) in [6.07, 6.45) is -3.98. The fourth-order valence-corrected chi connectivity index (χ4v) is 1.35. The summed E-state index contributed by atoms with van der Waals surface area (Å²) in [5.74, 6) is 0. The number of alkyl halides is 3. The number of anilines is 1. The molecule has 102 valence electrons. The van der Waals surface area contributed by atoms with Gasteiger partial charge in [-0.05, 0) is 0 Å². The zero-order valence-electron chi connectivity index (χ0n) is 9.41. The summed E-state index contributed by atoms with van der Waals surface area (Å²) < 4.78 is 42.7. The van der Waals surface area contributed by atoms with Gasteiger partial charge in [-0.15, -0.1) is 0 Å². The highest BCUT2D eigenvalue weighted by Gasteiger charge is 2.37. The standard InChI is InChI=1S/C9H12F3N3O3/c1-18-4-5(3-16)14-6-2-13-15-8(17)7(6)9(10,11)12/h2,5,16H,3-4H2,1H3,(H2,14,15,17)/t5-/m0/s1. The lowest BCUT2D eigenvalue weighted by atomic mass is 10.2. The summed E-state index contributed by atoms with van der Waals surface area (Å²) in [6, 6.07) is -0.764. The van der Waals surface area contributed by atoms with E-state index in [9.17, 15) is 18.0 Å². The molecule has 0 amide bonds. The minimum Gasteiger partial charge on any atom is -0.394 e. The normalized spacial score (nSPS) is 13.4. The van der Waals surface area contributed by atoms with E-state index >= 15 is 0 Å². The summed E-state index contributed by atoms with van der Waals surface area (Å²) in [6.45, 7) is -0.460. The van der Waals surface area contributed by atoms with Gasteiger partial charge in [0.2, 0.25) is 0 Å². The number of methoxy groups -OCH3 is 1. The number of aliphatic hydroxyl groups excluding tert-OH is 1. The van der Waals surface area contributed by atoms with Crippen LogP contribution < -0.4 is 10.9 Å². The average molecular weight is 267 g/mol. The molecular formula is C9H12F3N3O3. The second-order valence-electron chi connectivity index (χ2n) is 3.46. The maximum Gasteiger partial charge on any atom is 0.423 e. The minimum absolute atomic E-state index is 0.0133. The Kier molecular flexibility index (Phi) is 4.68. The Bertz CT molecular complexity index is 447. The van der Waals surface area contributed by atoms with Gasteiger partial charge >= 0.3 is 6.18 Å². The Balaban J connectivity index is 3.09. The summed E-state index contributed by atoms with van der Waals surface area (Å²) in [7, 11) is 1.34. The number of hydrogen-bond acceptors (Lipinski definition) is 5. The number of hydrogen-bond donors (Lipinski definition) is 3. The molecular weight excluding hydrogens is 255 g/mol. The van der Waals surface area contributed by atoms with Crippen LogP contribution in [0.5, 0.6) is 0 Å². The quantitative estimate of drug-likeness (QED) is 0.709. The van der Waals surface area contributed by atoms with Gasteiger partial charge in [0.05, 0.1) is 31.1 Å². The van der Waals surface area contributed by atoms with E-state index in [2.05, 4.69) is 10.4 Å². The zero-order valence-corrected chi connectivity index (χ0v) is 9.41. The molecule has 6 nitrogen and oxygen atoms in total. The molecule has 0 saturated heterocycles. The third kappa shape index (κ3) is 3.44. The second kappa shape index (κ2) is 5.83. The van der Waals surface area contributed by atoms with E-state index in [4.69, 9.17) is 9.84 Å². The van der Waals surface area contributed by atoms with Gasteiger partial charge < -0.3 is 15.2 Å². The van der Waals surface area contributed by atoms with Crippen LogP contribution >= 0.6 is 0 Å². The number of halogens is 3. The van der Waals surface area contributed by atoms with E-state index in [-0.39, 0.29) is 6.61 Å². The van der Waals surface area contributed by atoms with Crippen molar-refractivity contribution in [3.63, 3.8) is 0 Å². The number of nitrogens with zero attached hydrogens (tertiary/aromatic N) is 1. The molecule has 1 aromatic heterocycles. The highest BCUT2D eigenvalue weighted by atomic mass is 19.4. The van der Waals surface area contributed by atoms with Gasteiger partial charge in [-0.1, -0.05) is 0 Å². The first kappa shape index (κ1) is 14.5. The SMILES string of the molecule is COC[C@H](CO)Nc1cn[nH]c(=O)c1C(F)(F)F. The molecule has 0 bridgehead atoms. The van der Waals surface area contributed by atoms with Crippen LogP contribution in [0.25, 0.3) is 0 Å². The predicted octanol–water partition coefficient (Wildman–Crippen LogP) is 0.208. The van der Waals surface area contributed by atoms with Crippen LogP contribution in [0.1, 0.15) is 5.56 Å². The summed E-state index contributed by atoms with van der Waals surface area (Å²) in [5.41, 5.74) is -3.23.